The highest BCUT2D eigenvalue weighted by atomic mass is 16.3. The summed E-state index contributed by atoms with van der Waals surface area (Å²) in [4.78, 5) is 0. The van der Waals surface area contributed by atoms with E-state index in [1.54, 1.807) is 0 Å². The summed E-state index contributed by atoms with van der Waals surface area (Å²) in [6.07, 6.45) is 4.17. The number of rotatable bonds is 4. The van der Waals surface area contributed by atoms with Gasteiger partial charge >= 0.3 is 0 Å². The Labute approximate surface area is 144 Å². The maximum absolute atomic E-state index is 12.0. The van der Waals surface area contributed by atoms with Crippen LogP contribution in [-0.2, 0) is 5.60 Å². The van der Waals surface area contributed by atoms with Gasteiger partial charge in [0.2, 0.25) is 0 Å². The van der Waals surface area contributed by atoms with Gasteiger partial charge in [-0.3, -0.25) is 0 Å². The van der Waals surface area contributed by atoms with E-state index in [1.165, 1.54) is 0 Å². The zero-order valence-electron chi connectivity index (χ0n) is 14.5. The Bertz CT molecular complexity index is 640. The molecule has 1 fully saturated rings. The first-order valence-corrected chi connectivity index (χ1v) is 8.70. The summed E-state index contributed by atoms with van der Waals surface area (Å²) in [5, 5.41) is 18.5. The molecule has 0 aliphatic heterocycles. The molecule has 0 heterocycles. The lowest BCUT2D eigenvalue weighted by Crippen LogP contribution is -2.43. The van der Waals surface area contributed by atoms with E-state index in [4.69, 9.17) is 5.10 Å². The van der Waals surface area contributed by atoms with Gasteiger partial charge in [0.1, 0.15) is 5.60 Å². The van der Waals surface area contributed by atoms with Crippen LogP contribution in [0.15, 0.2) is 65.8 Å². The standard InChI is InChI=1S/C21H26N2O/c1-23(2)22-20-16-10-9-15-19(20)21(24,17-11-5-3-6-12-17)18-13-7-4-8-14-18/h3-8,11-14,19,24H,9-10,15-16H2,1-2H3/b22-20+/t19-/m0/s1. The van der Waals surface area contributed by atoms with Gasteiger partial charge in [0, 0.05) is 25.7 Å². The van der Waals surface area contributed by atoms with Crippen LogP contribution in [0.25, 0.3) is 0 Å². The average Bonchev–Trinajstić information content (AvgIpc) is 2.62. The van der Waals surface area contributed by atoms with E-state index >= 15 is 0 Å². The van der Waals surface area contributed by atoms with Crippen molar-refractivity contribution in [1.82, 2.24) is 5.01 Å². The van der Waals surface area contributed by atoms with Crippen molar-refractivity contribution in [2.45, 2.75) is 31.3 Å². The second kappa shape index (κ2) is 7.18. The first-order valence-electron chi connectivity index (χ1n) is 8.70. The van der Waals surface area contributed by atoms with Gasteiger partial charge in [-0.2, -0.15) is 5.10 Å². The number of benzene rings is 2. The van der Waals surface area contributed by atoms with Crippen molar-refractivity contribution in [3.8, 4) is 0 Å². The van der Waals surface area contributed by atoms with Gasteiger partial charge in [-0.15, -0.1) is 0 Å². The molecular weight excluding hydrogens is 296 g/mol. The minimum Gasteiger partial charge on any atom is -0.380 e. The molecule has 2 aromatic carbocycles. The highest BCUT2D eigenvalue weighted by Crippen LogP contribution is 2.42. The van der Waals surface area contributed by atoms with Crippen molar-refractivity contribution in [3.05, 3.63) is 71.8 Å². The van der Waals surface area contributed by atoms with Crippen LogP contribution in [0.4, 0.5) is 0 Å². The number of hydrogen-bond donors (Lipinski definition) is 1. The summed E-state index contributed by atoms with van der Waals surface area (Å²) in [5.41, 5.74) is 1.93. The number of hydrogen-bond acceptors (Lipinski definition) is 3. The lowest BCUT2D eigenvalue weighted by molar-refractivity contribution is 0.0358. The first kappa shape index (κ1) is 16.7. The maximum Gasteiger partial charge on any atom is 0.123 e. The molecule has 3 nitrogen and oxygen atoms in total. The Morgan fingerprint density at radius 1 is 0.917 bits per heavy atom. The minimum atomic E-state index is -1.04. The van der Waals surface area contributed by atoms with Gasteiger partial charge in [-0.1, -0.05) is 67.1 Å². The molecule has 3 rings (SSSR count). The molecule has 0 amide bonds. The third-order valence-corrected chi connectivity index (χ3v) is 4.84. The van der Waals surface area contributed by atoms with Gasteiger partial charge in [0.05, 0.1) is 0 Å². The molecule has 0 aromatic heterocycles. The molecule has 2 aromatic rings. The van der Waals surface area contributed by atoms with Crippen LogP contribution in [-0.4, -0.2) is 29.9 Å². The SMILES string of the molecule is CN(C)/N=C1\CCCC[C@@H]1C(O)(c1ccccc1)c1ccccc1. The molecule has 1 saturated carbocycles. The van der Waals surface area contributed by atoms with Crippen LogP contribution in [0.5, 0.6) is 0 Å². The fraction of sp³-hybridized carbons (Fsp3) is 0.381. The van der Waals surface area contributed by atoms with Crippen LogP contribution < -0.4 is 0 Å². The summed E-state index contributed by atoms with van der Waals surface area (Å²) in [6.45, 7) is 0. The van der Waals surface area contributed by atoms with Crippen LogP contribution in [0.2, 0.25) is 0 Å². The molecule has 0 unspecified atom stereocenters. The molecule has 1 atom stereocenters. The summed E-state index contributed by atoms with van der Waals surface area (Å²) in [7, 11) is 3.89. The molecule has 0 spiro atoms. The van der Waals surface area contributed by atoms with Gasteiger partial charge in [0.15, 0.2) is 0 Å². The third kappa shape index (κ3) is 3.22. The second-order valence-electron chi connectivity index (χ2n) is 6.74. The Kier molecular flexibility index (Phi) is 5.00. The van der Waals surface area contributed by atoms with Crippen LogP contribution >= 0.6 is 0 Å². The van der Waals surface area contributed by atoms with Gasteiger partial charge in [-0.05, 0) is 30.4 Å². The second-order valence-corrected chi connectivity index (χ2v) is 6.74. The Morgan fingerprint density at radius 2 is 1.46 bits per heavy atom. The van der Waals surface area contributed by atoms with E-state index in [0.29, 0.717) is 0 Å². The monoisotopic (exact) mass is 322 g/mol. The number of aliphatic hydroxyl groups is 1. The van der Waals surface area contributed by atoms with E-state index in [1.807, 2.05) is 79.8 Å². The van der Waals surface area contributed by atoms with Crippen molar-refractivity contribution < 1.29 is 5.11 Å². The zero-order chi connectivity index (χ0) is 17.0. The van der Waals surface area contributed by atoms with Crippen molar-refractivity contribution in [2.24, 2.45) is 11.0 Å². The Balaban J connectivity index is 2.14. The quantitative estimate of drug-likeness (QED) is 0.863. The number of hydrazone groups is 1. The summed E-state index contributed by atoms with van der Waals surface area (Å²) >= 11 is 0. The van der Waals surface area contributed by atoms with E-state index < -0.39 is 5.60 Å². The highest BCUT2D eigenvalue weighted by molar-refractivity contribution is 5.89. The van der Waals surface area contributed by atoms with Crippen molar-refractivity contribution in [1.29, 1.82) is 0 Å². The predicted molar refractivity (Wildman–Crippen MR) is 99.0 cm³/mol. The summed E-state index contributed by atoms with van der Waals surface area (Å²) in [5.74, 6) is -0.00144. The Hall–Kier alpha value is -2.13. The molecule has 126 valence electrons. The van der Waals surface area contributed by atoms with E-state index in [9.17, 15) is 5.11 Å². The van der Waals surface area contributed by atoms with E-state index in [-0.39, 0.29) is 5.92 Å². The Morgan fingerprint density at radius 3 is 1.96 bits per heavy atom. The van der Waals surface area contributed by atoms with E-state index in [2.05, 4.69) is 0 Å². The topological polar surface area (TPSA) is 35.8 Å². The highest BCUT2D eigenvalue weighted by Gasteiger charge is 2.43. The molecule has 1 N–H and O–H groups in total. The predicted octanol–water partition coefficient (Wildman–Crippen LogP) is 4.03. The zero-order valence-corrected chi connectivity index (χ0v) is 14.5. The van der Waals surface area contributed by atoms with Crippen LogP contribution in [0, 0.1) is 5.92 Å². The van der Waals surface area contributed by atoms with Crippen LogP contribution in [0.1, 0.15) is 36.8 Å². The normalized spacial score (nSPS) is 20.1. The fourth-order valence-corrected chi connectivity index (χ4v) is 3.78. The summed E-state index contributed by atoms with van der Waals surface area (Å²) in [6, 6.07) is 20.1. The molecule has 24 heavy (non-hydrogen) atoms. The molecule has 1 aliphatic rings. The smallest absolute Gasteiger partial charge is 0.123 e. The lowest BCUT2D eigenvalue weighted by atomic mass is 9.69. The molecule has 0 saturated heterocycles. The molecular formula is C21H26N2O. The average molecular weight is 322 g/mol. The van der Waals surface area contributed by atoms with Gasteiger partial charge < -0.3 is 10.1 Å². The largest absolute Gasteiger partial charge is 0.380 e. The molecule has 0 radical (unpaired) electrons. The van der Waals surface area contributed by atoms with Crippen LogP contribution in [0.3, 0.4) is 0 Å². The third-order valence-electron chi connectivity index (χ3n) is 4.84. The molecule has 1 aliphatic carbocycles. The first-order chi connectivity index (χ1) is 11.6. The maximum atomic E-state index is 12.0. The van der Waals surface area contributed by atoms with E-state index in [0.717, 1.165) is 42.5 Å². The lowest BCUT2D eigenvalue weighted by Gasteiger charge is -2.40. The van der Waals surface area contributed by atoms with Crippen molar-refractivity contribution in [3.63, 3.8) is 0 Å². The van der Waals surface area contributed by atoms with Gasteiger partial charge in [-0.25, -0.2) is 0 Å². The van der Waals surface area contributed by atoms with Gasteiger partial charge in [0.25, 0.3) is 0 Å². The number of nitrogens with zero attached hydrogens (tertiary/aromatic N) is 2. The molecule has 0 bridgehead atoms. The minimum absolute atomic E-state index is 0.00144. The summed E-state index contributed by atoms with van der Waals surface area (Å²) < 4.78 is 0. The molecule has 3 heteroatoms. The van der Waals surface area contributed by atoms with Crippen molar-refractivity contribution >= 4 is 5.71 Å². The van der Waals surface area contributed by atoms with Crippen molar-refractivity contribution in [2.75, 3.05) is 14.1 Å². The fourth-order valence-electron chi connectivity index (χ4n) is 3.78.